The molecule has 0 aromatic carbocycles. The molecule has 2 heterocycles. The van der Waals surface area contributed by atoms with E-state index in [2.05, 4.69) is 18.1 Å². The largest absolute Gasteiger partial charge is 0.350 e. The van der Waals surface area contributed by atoms with Crippen molar-refractivity contribution in [1.29, 1.82) is 0 Å². The van der Waals surface area contributed by atoms with Crippen LogP contribution in [-0.2, 0) is 29.4 Å². The van der Waals surface area contributed by atoms with Crippen molar-refractivity contribution >= 4 is 0 Å². The highest BCUT2D eigenvalue weighted by Crippen LogP contribution is 2.13. The second-order valence-corrected chi connectivity index (χ2v) is 4.48. The van der Waals surface area contributed by atoms with Gasteiger partial charge in [-0.2, -0.15) is 5.10 Å². The van der Waals surface area contributed by atoms with Crippen molar-refractivity contribution in [1.82, 2.24) is 9.78 Å². The van der Waals surface area contributed by atoms with E-state index in [1.165, 1.54) is 5.69 Å². The summed E-state index contributed by atoms with van der Waals surface area (Å²) in [7, 11) is 1.96. The van der Waals surface area contributed by atoms with E-state index in [1.54, 1.807) is 0 Å². The number of aryl methyl sites for hydroxylation is 2. The first-order valence-corrected chi connectivity index (χ1v) is 6.19. The zero-order valence-corrected chi connectivity index (χ0v) is 10.6. The summed E-state index contributed by atoms with van der Waals surface area (Å²) in [5, 5.41) is 4.41. The molecule has 1 saturated heterocycles. The molecule has 2 rings (SSSR count). The van der Waals surface area contributed by atoms with Crippen LogP contribution in [-0.4, -0.2) is 35.3 Å². The van der Waals surface area contributed by atoms with Crippen LogP contribution in [0.25, 0.3) is 0 Å². The van der Waals surface area contributed by atoms with Crippen LogP contribution in [0.15, 0.2) is 6.07 Å². The molecule has 1 aromatic heterocycles. The topological polar surface area (TPSA) is 62.3 Å². The molecule has 96 valence electrons. The van der Waals surface area contributed by atoms with Gasteiger partial charge in [-0.05, 0) is 12.5 Å². The number of nitrogens with zero attached hydrogens (tertiary/aromatic N) is 2. The van der Waals surface area contributed by atoms with Crippen LogP contribution in [0.4, 0.5) is 0 Å². The smallest absolute Gasteiger partial charge is 0.159 e. The number of ether oxygens (including phenoxy) is 2. The van der Waals surface area contributed by atoms with E-state index in [4.69, 9.17) is 15.2 Å². The molecular formula is C12H21N3O2. The third-order valence-electron chi connectivity index (χ3n) is 3.05. The fourth-order valence-electron chi connectivity index (χ4n) is 2.08. The summed E-state index contributed by atoms with van der Waals surface area (Å²) >= 11 is 0. The Bertz CT molecular complexity index is 359. The lowest BCUT2D eigenvalue weighted by molar-refractivity contribution is -0.0505. The molecule has 0 aliphatic carbocycles. The van der Waals surface area contributed by atoms with Crippen molar-refractivity contribution in [3.05, 3.63) is 17.5 Å². The normalized spacial score (nSPS) is 18.8. The average Bonchev–Trinajstić information content (AvgIpc) is 2.89. The fraction of sp³-hybridized carbons (Fsp3) is 0.750. The summed E-state index contributed by atoms with van der Waals surface area (Å²) in [6.07, 6.45) is 2.39. The van der Waals surface area contributed by atoms with Gasteiger partial charge in [-0.25, -0.2) is 0 Å². The number of hydrogen-bond acceptors (Lipinski definition) is 4. The second kappa shape index (κ2) is 5.62. The second-order valence-electron chi connectivity index (χ2n) is 4.48. The molecule has 2 N–H and O–H groups in total. The minimum atomic E-state index is -0.121. The van der Waals surface area contributed by atoms with E-state index in [-0.39, 0.29) is 12.3 Å². The van der Waals surface area contributed by atoms with Crippen LogP contribution < -0.4 is 5.73 Å². The average molecular weight is 239 g/mol. The van der Waals surface area contributed by atoms with E-state index >= 15 is 0 Å². The van der Waals surface area contributed by atoms with Gasteiger partial charge in [0.25, 0.3) is 0 Å². The lowest BCUT2D eigenvalue weighted by Crippen LogP contribution is -2.29. The first kappa shape index (κ1) is 12.5. The Morgan fingerprint density at radius 2 is 2.24 bits per heavy atom. The number of nitrogens with two attached hydrogens (primary N) is 1. The standard InChI is InChI=1S/C12H21N3O2/c1-3-10-8-11(15(2)14-10)6-9(13)7-12-16-4-5-17-12/h8-9,12H,3-7,13H2,1-2H3. The summed E-state index contributed by atoms with van der Waals surface area (Å²) in [5.41, 5.74) is 8.39. The van der Waals surface area contributed by atoms with Crippen LogP contribution >= 0.6 is 0 Å². The predicted molar refractivity (Wildman–Crippen MR) is 64.6 cm³/mol. The Kier molecular flexibility index (Phi) is 4.15. The maximum atomic E-state index is 6.10. The molecule has 0 saturated carbocycles. The summed E-state index contributed by atoms with van der Waals surface area (Å²) in [5.74, 6) is 0. The molecule has 0 spiro atoms. The van der Waals surface area contributed by atoms with E-state index in [0.717, 1.165) is 25.0 Å². The Balaban J connectivity index is 1.87. The van der Waals surface area contributed by atoms with Crippen LogP contribution in [0.1, 0.15) is 24.7 Å². The summed E-state index contributed by atoms with van der Waals surface area (Å²) < 4.78 is 12.7. The quantitative estimate of drug-likeness (QED) is 0.818. The number of aromatic nitrogens is 2. The van der Waals surface area contributed by atoms with Gasteiger partial charge in [0, 0.05) is 31.6 Å². The molecule has 17 heavy (non-hydrogen) atoms. The van der Waals surface area contributed by atoms with Crippen LogP contribution in [0, 0.1) is 0 Å². The lowest BCUT2D eigenvalue weighted by atomic mass is 10.1. The van der Waals surface area contributed by atoms with Gasteiger partial charge in [0.1, 0.15) is 0 Å². The summed E-state index contributed by atoms with van der Waals surface area (Å²) in [6, 6.07) is 2.18. The van der Waals surface area contributed by atoms with Gasteiger partial charge in [-0.1, -0.05) is 6.92 Å². The predicted octanol–water partition coefficient (Wildman–Crippen LogP) is 0.615. The molecule has 0 amide bonds. The molecule has 1 unspecified atom stereocenters. The Hall–Kier alpha value is -0.910. The maximum Gasteiger partial charge on any atom is 0.159 e. The van der Waals surface area contributed by atoms with Gasteiger partial charge in [0.2, 0.25) is 0 Å². The highest BCUT2D eigenvalue weighted by atomic mass is 16.7. The van der Waals surface area contributed by atoms with Gasteiger partial charge in [0.05, 0.1) is 18.9 Å². The molecule has 0 radical (unpaired) electrons. The van der Waals surface area contributed by atoms with E-state index in [1.807, 2.05) is 11.7 Å². The molecule has 5 nitrogen and oxygen atoms in total. The third-order valence-corrected chi connectivity index (χ3v) is 3.05. The third kappa shape index (κ3) is 3.28. The molecule has 5 heteroatoms. The molecular weight excluding hydrogens is 218 g/mol. The van der Waals surface area contributed by atoms with Crippen molar-refractivity contribution in [2.24, 2.45) is 12.8 Å². The van der Waals surface area contributed by atoms with E-state index in [9.17, 15) is 0 Å². The molecule has 1 atom stereocenters. The fourth-order valence-corrected chi connectivity index (χ4v) is 2.08. The van der Waals surface area contributed by atoms with Gasteiger partial charge in [-0.15, -0.1) is 0 Å². The highest BCUT2D eigenvalue weighted by molar-refractivity contribution is 5.11. The molecule has 1 aliphatic rings. The molecule has 1 fully saturated rings. The monoisotopic (exact) mass is 239 g/mol. The van der Waals surface area contributed by atoms with Crippen LogP contribution in [0.2, 0.25) is 0 Å². The Morgan fingerprint density at radius 1 is 1.53 bits per heavy atom. The maximum absolute atomic E-state index is 6.10. The lowest BCUT2D eigenvalue weighted by Gasteiger charge is -2.15. The van der Waals surface area contributed by atoms with Gasteiger partial charge in [-0.3, -0.25) is 4.68 Å². The first-order valence-electron chi connectivity index (χ1n) is 6.19. The first-order chi connectivity index (χ1) is 8.19. The van der Waals surface area contributed by atoms with Crippen LogP contribution in [0.3, 0.4) is 0 Å². The van der Waals surface area contributed by atoms with Crippen molar-refractivity contribution in [3.63, 3.8) is 0 Å². The SMILES string of the molecule is CCc1cc(CC(N)CC2OCCO2)n(C)n1. The van der Waals surface area contributed by atoms with E-state index < -0.39 is 0 Å². The molecule has 1 aliphatic heterocycles. The van der Waals surface area contributed by atoms with Gasteiger partial charge < -0.3 is 15.2 Å². The molecule has 1 aromatic rings. The van der Waals surface area contributed by atoms with E-state index in [0.29, 0.717) is 13.2 Å². The highest BCUT2D eigenvalue weighted by Gasteiger charge is 2.20. The Labute approximate surface area is 102 Å². The van der Waals surface area contributed by atoms with Crippen molar-refractivity contribution in [2.45, 2.75) is 38.5 Å². The van der Waals surface area contributed by atoms with Crippen LogP contribution in [0.5, 0.6) is 0 Å². The zero-order valence-electron chi connectivity index (χ0n) is 10.6. The van der Waals surface area contributed by atoms with Gasteiger partial charge >= 0.3 is 0 Å². The summed E-state index contributed by atoms with van der Waals surface area (Å²) in [4.78, 5) is 0. The minimum absolute atomic E-state index is 0.0539. The van der Waals surface area contributed by atoms with Crippen molar-refractivity contribution < 1.29 is 9.47 Å². The van der Waals surface area contributed by atoms with Crippen molar-refractivity contribution in [2.75, 3.05) is 13.2 Å². The van der Waals surface area contributed by atoms with Gasteiger partial charge in [0.15, 0.2) is 6.29 Å². The number of rotatable bonds is 5. The zero-order chi connectivity index (χ0) is 12.3. The molecule has 0 bridgehead atoms. The number of hydrogen-bond donors (Lipinski definition) is 1. The Morgan fingerprint density at radius 3 is 2.82 bits per heavy atom. The minimum Gasteiger partial charge on any atom is -0.350 e. The van der Waals surface area contributed by atoms with Crippen molar-refractivity contribution in [3.8, 4) is 0 Å². The summed E-state index contributed by atoms with van der Waals surface area (Å²) in [6.45, 7) is 3.47.